The zero-order valence-electron chi connectivity index (χ0n) is 12.0. The predicted octanol–water partition coefficient (Wildman–Crippen LogP) is 1.39. The summed E-state index contributed by atoms with van der Waals surface area (Å²) in [6.45, 7) is 6.13. The topological polar surface area (TPSA) is 54.3 Å². The number of urea groups is 1. The zero-order valence-corrected chi connectivity index (χ0v) is 12.0. The number of pyridine rings is 1. The van der Waals surface area contributed by atoms with E-state index in [9.17, 15) is 9.59 Å². The molecule has 108 valence electrons. The minimum absolute atomic E-state index is 0.0152. The Morgan fingerprint density at radius 3 is 2.85 bits per heavy atom. The Morgan fingerprint density at radius 2 is 2.10 bits per heavy atom. The van der Waals surface area contributed by atoms with Gasteiger partial charge in [0.25, 0.3) is 5.56 Å². The number of hydrogen-bond donors (Lipinski definition) is 1. The molecule has 1 aromatic heterocycles. The molecular formula is C15H21N3O2. The lowest BCUT2D eigenvalue weighted by atomic mass is 9.83. The lowest BCUT2D eigenvalue weighted by Crippen LogP contribution is -2.52. The van der Waals surface area contributed by atoms with Crippen LogP contribution >= 0.6 is 0 Å². The summed E-state index contributed by atoms with van der Waals surface area (Å²) in [6.07, 6.45) is 1.08. The van der Waals surface area contributed by atoms with E-state index in [-0.39, 0.29) is 23.6 Å². The molecule has 20 heavy (non-hydrogen) atoms. The van der Waals surface area contributed by atoms with Crippen molar-refractivity contribution in [3.63, 3.8) is 0 Å². The number of fused-ring (bicyclic) bond motifs is 4. The van der Waals surface area contributed by atoms with E-state index >= 15 is 0 Å². The van der Waals surface area contributed by atoms with Crippen molar-refractivity contribution in [3.05, 3.63) is 34.2 Å². The molecule has 1 saturated heterocycles. The lowest BCUT2D eigenvalue weighted by molar-refractivity contribution is 0.130. The monoisotopic (exact) mass is 275 g/mol. The number of carbonyl (C=O) groups is 1. The molecule has 0 radical (unpaired) electrons. The summed E-state index contributed by atoms with van der Waals surface area (Å²) in [5.41, 5.74) is 1.16. The molecule has 0 saturated carbocycles. The molecule has 0 aromatic carbocycles. The average Bonchev–Trinajstić information content (AvgIpc) is 2.39. The number of rotatable bonds is 1. The molecule has 1 N–H and O–H groups in total. The SMILES string of the molecule is CC(C)NC(=O)N1CC2CC(C1)c1cccc(=O)n1C2. The molecule has 0 aliphatic carbocycles. The number of aromatic nitrogens is 1. The van der Waals surface area contributed by atoms with Crippen LogP contribution in [0, 0.1) is 5.92 Å². The number of nitrogens with zero attached hydrogens (tertiary/aromatic N) is 2. The highest BCUT2D eigenvalue weighted by molar-refractivity contribution is 5.74. The second kappa shape index (κ2) is 4.96. The normalized spacial score (nSPS) is 24.4. The van der Waals surface area contributed by atoms with Crippen molar-refractivity contribution in [1.82, 2.24) is 14.8 Å². The Hall–Kier alpha value is -1.78. The molecule has 3 heterocycles. The fourth-order valence-corrected chi connectivity index (χ4v) is 3.40. The highest BCUT2D eigenvalue weighted by Gasteiger charge is 2.36. The van der Waals surface area contributed by atoms with E-state index in [0.717, 1.165) is 25.2 Å². The van der Waals surface area contributed by atoms with Crippen molar-refractivity contribution in [2.45, 2.75) is 38.8 Å². The molecule has 1 aromatic rings. The van der Waals surface area contributed by atoms with E-state index in [1.165, 1.54) is 0 Å². The second-order valence-electron chi connectivity index (χ2n) is 6.21. The Kier molecular flexibility index (Phi) is 3.28. The van der Waals surface area contributed by atoms with E-state index in [2.05, 4.69) is 5.32 Å². The summed E-state index contributed by atoms with van der Waals surface area (Å²) in [7, 11) is 0. The molecule has 5 heteroatoms. The molecule has 2 bridgehead atoms. The van der Waals surface area contributed by atoms with Gasteiger partial charge in [-0.05, 0) is 32.3 Å². The van der Waals surface area contributed by atoms with E-state index in [0.29, 0.717) is 12.5 Å². The van der Waals surface area contributed by atoms with Gasteiger partial charge < -0.3 is 14.8 Å². The molecule has 5 nitrogen and oxygen atoms in total. The fourth-order valence-electron chi connectivity index (χ4n) is 3.40. The molecular weight excluding hydrogens is 254 g/mol. The molecule has 3 rings (SSSR count). The van der Waals surface area contributed by atoms with Gasteiger partial charge in [-0.3, -0.25) is 4.79 Å². The maximum Gasteiger partial charge on any atom is 0.317 e. The summed E-state index contributed by atoms with van der Waals surface area (Å²) in [5.74, 6) is 0.675. The van der Waals surface area contributed by atoms with Crippen molar-refractivity contribution < 1.29 is 4.79 Å². The first-order valence-electron chi connectivity index (χ1n) is 7.30. The van der Waals surface area contributed by atoms with Crippen LogP contribution in [0.3, 0.4) is 0 Å². The van der Waals surface area contributed by atoms with Crippen LogP contribution in [-0.4, -0.2) is 34.6 Å². The third-order valence-electron chi connectivity index (χ3n) is 4.18. The summed E-state index contributed by atoms with van der Waals surface area (Å²) < 4.78 is 1.89. The molecule has 2 aliphatic heterocycles. The van der Waals surface area contributed by atoms with Crippen LogP contribution < -0.4 is 10.9 Å². The Labute approximate surface area is 118 Å². The largest absolute Gasteiger partial charge is 0.336 e. The summed E-state index contributed by atoms with van der Waals surface area (Å²) in [4.78, 5) is 26.0. The van der Waals surface area contributed by atoms with Gasteiger partial charge in [-0.2, -0.15) is 0 Å². The standard InChI is InChI=1S/C15H21N3O2/c1-10(2)16-15(20)17-7-11-6-12(9-17)13-4-3-5-14(19)18(13)8-11/h3-5,10-12H,6-9H2,1-2H3,(H,16,20). The van der Waals surface area contributed by atoms with Crippen LogP contribution in [0.5, 0.6) is 0 Å². The van der Waals surface area contributed by atoms with Gasteiger partial charge >= 0.3 is 6.03 Å². The smallest absolute Gasteiger partial charge is 0.317 e. The first kappa shape index (κ1) is 13.2. The average molecular weight is 275 g/mol. The summed E-state index contributed by atoms with van der Waals surface area (Å²) in [5, 5.41) is 2.96. The van der Waals surface area contributed by atoms with E-state index in [1.54, 1.807) is 6.07 Å². The molecule has 1 fully saturated rings. The van der Waals surface area contributed by atoms with Crippen LogP contribution in [0.1, 0.15) is 31.9 Å². The maximum atomic E-state index is 12.2. The minimum Gasteiger partial charge on any atom is -0.336 e. The number of hydrogen-bond acceptors (Lipinski definition) is 2. The minimum atomic E-state index is 0.0152. The van der Waals surface area contributed by atoms with E-state index in [4.69, 9.17) is 0 Å². The predicted molar refractivity (Wildman–Crippen MR) is 76.8 cm³/mol. The number of likely N-dealkylation sites (tertiary alicyclic amines) is 1. The summed E-state index contributed by atoms with van der Waals surface area (Å²) in [6, 6.07) is 5.63. The van der Waals surface area contributed by atoms with E-state index < -0.39 is 0 Å². The highest BCUT2D eigenvalue weighted by Crippen LogP contribution is 2.34. The van der Waals surface area contributed by atoms with Crippen molar-refractivity contribution in [2.75, 3.05) is 13.1 Å². The van der Waals surface area contributed by atoms with Crippen LogP contribution in [-0.2, 0) is 6.54 Å². The number of piperidine rings is 1. The lowest BCUT2D eigenvalue weighted by Gasteiger charge is -2.42. The Bertz CT molecular complexity index is 579. The van der Waals surface area contributed by atoms with Gasteiger partial charge in [0.1, 0.15) is 0 Å². The van der Waals surface area contributed by atoms with Crippen LogP contribution in [0.2, 0.25) is 0 Å². The van der Waals surface area contributed by atoms with E-state index in [1.807, 2.05) is 35.4 Å². The van der Waals surface area contributed by atoms with Gasteiger partial charge in [0.05, 0.1) is 0 Å². The molecule has 2 atom stereocenters. The molecule has 2 unspecified atom stereocenters. The van der Waals surface area contributed by atoms with Crippen molar-refractivity contribution in [3.8, 4) is 0 Å². The van der Waals surface area contributed by atoms with Gasteiger partial charge in [0.15, 0.2) is 0 Å². The van der Waals surface area contributed by atoms with Gasteiger partial charge in [-0.15, -0.1) is 0 Å². The third kappa shape index (κ3) is 2.32. The van der Waals surface area contributed by atoms with Gasteiger partial charge in [0.2, 0.25) is 0 Å². The van der Waals surface area contributed by atoms with Gasteiger partial charge in [0, 0.05) is 43.4 Å². The van der Waals surface area contributed by atoms with Crippen LogP contribution in [0.4, 0.5) is 4.79 Å². The Balaban J connectivity index is 1.84. The van der Waals surface area contributed by atoms with Gasteiger partial charge in [-0.1, -0.05) is 6.07 Å². The molecule has 2 amide bonds. The first-order chi connectivity index (χ1) is 9.54. The number of carbonyl (C=O) groups excluding carboxylic acids is 1. The maximum absolute atomic E-state index is 12.2. The van der Waals surface area contributed by atoms with Crippen molar-refractivity contribution in [1.29, 1.82) is 0 Å². The molecule has 0 spiro atoms. The Morgan fingerprint density at radius 1 is 1.30 bits per heavy atom. The quantitative estimate of drug-likeness (QED) is 0.842. The highest BCUT2D eigenvalue weighted by atomic mass is 16.2. The van der Waals surface area contributed by atoms with Crippen molar-refractivity contribution >= 4 is 6.03 Å². The first-order valence-corrected chi connectivity index (χ1v) is 7.30. The van der Waals surface area contributed by atoms with Crippen molar-refractivity contribution in [2.24, 2.45) is 5.92 Å². The number of nitrogens with one attached hydrogen (secondary N) is 1. The fraction of sp³-hybridized carbons (Fsp3) is 0.600. The van der Waals surface area contributed by atoms with Gasteiger partial charge in [-0.25, -0.2) is 4.79 Å². The van der Waals surface area contributed by atoms with Crippen LogP contribution in [0.25, 0.3) is 0 Å². The van der Waals surface area contributed by atoms with Crippen LogP contribution in [0.15, 0.2) is 23.0 Å². The number of amides is 2. The summed E-state index contributed by atoms with van der Waals surface area (Å²) >= 11 is 0. The zero-order chi connectivity index (χ0) is 14.3. The second-order valence-corrected chi connectivity index (χ2v) is 6.21. The third-order valence-corrected chi connectivity index (χ3v) is 4.18. The molecule has 2 aliphatic rings.